The van der Waals surface area contributed by atoms with Crippen molar-refractivity contribution in [1.82, 2.24) is 19.5 Å². The number of H-pyrrole nitrogens is 1. The van der Waals surface area contributed by atoms with Crippen molar-refractivity contribution in [1.29, 1.82) is 0 Å². The molecule has 14 heavy (non-hydrogen) atoms. The third-order valence-corrected chi connectivity index (χ3v) is 2.04. The van der Waals surface area contributed by atoms with Gasteiger partial charge in [-0.05, 0) is 13.8 Å². The molecule has 2 rings (SSSR count). The molecule has 74 valence electrons. The lowest BCUT2D eigenvalue weighted by atomic mass is 10.3. The first kappa shape index (κ1) is 8.74. The van der Waals surface area contributed by atoms with Crippen molar-refractivity contribution in [3.05, 3.63) is 16.8 Å². The highest BCUT2D eigenvalue weighted by atomic mass is 16.1. The summed E-state index contributed by atoms with van der Waals surface area (Å²) in [7, 11) is 0. The van der Waals surface area contributed by atoms with Crippen LogP contribution in [-0.2, 0) is 0 Å². The lowest BCUT2D eigenvalue weighted by Crippen LogP contribution is -2.28. The number of aromatic nitrogens is 4. The van der Waals surface area contributed by atoms with Gasteiger partial charge < -0.3 is 5.73 Å². The van der Waals surface area contributed by atoms with Crippen molar-refractivity contribution < 1.29 is 0 Å². The van der Waals surface area contributed by atoms with Crippen molar-refractivity contribution in [3.63, 3.8) is 0 Å². The zero-order valence-electron chi connectivity index (χ0n) is 7.98. The fourth-order valence-corrected chi connectivity index (χ4v) is 1.44. The predicted octanol–water partition coefficient (Wildman–Crippen LogP) is 0.234. The molecule has 0 amide bonds. The van der Waals surface area contributed by atoms with E-state index in [9.17, 15) is 4.79 Å². The van der Waals surface area contributed by atoms with E-state index in [1.165, 1.54) is 10.9 Å². The first-order valence-corrected chi connectivity index (χ1v) is 4.32. The highest BCUT2D eigenvalue weighted by Gasteiger charge is 2.18. The molecule has 0 aromatic rings. The maximum absolute atomic E-state index is 11.6. The molecular weight excluding hydrogens is 182 g/mol. The minimum Gasteiger partial charge on any atom is -0.383 e. The molecule has 0 unspecified atom stereocenters. The Labute approximate surface area is 80.1 Å². The second kappa shape index (κ2) is 2.83. The second-order valence-corrected chi connectivity index (χ2v) is 3.35. The lowest BCUT2D eigenvalue weighted by Gasteiger charge is -2.13. The van der Waals surface area contributed by atoms with Crippen LogP contribution in [0.3, 0.4) is 0 Å². The minimum absolute atomic E-state index is 0.0264. The summed E-state index contributed by atoms with van der Waals surface area (Å²) in [4.78, 5) is 22.1. The highest BCUT2D eigenvalue weighted by molar-refractivity contribution is 5.64. The normalized spacial score (nSPS) is 11.4. The topological polar surface area (TPSA) is 89.6 Å². The SMILES string of the molecule is CC(C)n1c2ncnc-2c(N)[nH]c1=O. The fourth-order valence-electron chi connectivity index (χ4n) is 1.44. The monoisotopic (exact) mass is 193 g/mol. The number of aromatic amines is 1. The smallest absolute Gasteiger partial charge is 0.328 e. The van der Waals surface area contributed by atoms with E-state index in [2.05, 4.69) is 15.0 Å². The number of nitrogens with zero attached hydrogens (tertiary/aromatic N) is 3. The third kappa shape index (κ3) is 1.07. The van der Waals surface area contributed by atoms with Crippen LogP contribution >= 0.6 is 0 Å². The Morgan fingerprint density at radius 2 is 2.21 bits per heavy atom. The fraction of sp³-hybridized carbons (Fsp3) is 0.375. The van der Waals surface area contributed by atoms with Gasteiger partial charge in [0.2, 0.25) is 0 Å². The molecule has 0 saturated heterocycles. The third-order valence-electron chi connectivity index (χ3n) is 2.04. The van der Waals surface area contributed by atoms with Gasteiger partial charge in [-0.2, -0.15) is 0 Å². The van der Waals surface area contributed by atoms with E-state index in [1.54, 1.807) is 0 Å². The van der Waals surface area contributed by atoms with Gasteiger partial charge in [0, 0.05) is 6.04 Å². The molecule has 0 radical (unpaired) electrons. The van der Waals surface area contributed by atoms with Crippen LogP contribution < -0.4 is 11.4 Å². The van der Waals surface area contributed by atoms with E-state index in [0.29, 0.717) is 11.5 Å². The molecule has 2 aliphatic heterocycles. The number of imidazole rings is 1. The summed E-state index contributed by atoms with van der Waals surface area (Å²) < 4.78 is 1.53. The van der Waals surface area contributed by atoms with Crippen LogP contribution in [0.5, 0.6) is 0 Å². The second-order valence-electron chi connectivity index (χ2n) is 3.35. The Bertz CT molecular complexity index is 483. The van der Waals surface area contributed by atoms with Crippen LogP contribution in [-0.4, -0.2) is 19.5 Å². The van der Waals surface area contributed by atoms with Crippen LogP contribution in [0.15, 0.2) is 11.1 Å². The highest BCUT2D eigenvalue weighted by Crippen LogP contribution is 2.21. The molecule has 0 saturated carbocycles. The maximum Gasteiger partial charge on any atom is 0.328 e. The van der Waals surface area contributed by atoms with Gasteiger partial charge in [-0.3, -0.25) is 9.55 Å². The summed E-state index contributed by atoms with van der Waals surface area (Å²) in [6, 6.07) is 0.0264. The van der Waals surface area contributed by atoms with Crippen molar-refractivity contribution in [2.24, 2.45) is 0 Å². The minimum atomic E-state index is -0.259. The zero-order chi connectivity index (χ0) is 10.3. The molecule has 6 nitrogen and oxygen atoms in total. The molecule has 6 heteroatoms. The van der Waals surface area contributed by atoms with Gasteiger partial charge in [0.25, 0.3) is 0 Å². The van der Waals surface area contributed by atoms with E-state index in [1.807, 2.05) is 13.8 Å². The number of nitrogens with one attached hydrogen (secondary N) is 1. The number of nitrogen functional groups attached to an aromatic ring is 1. The average Bonchev–Trinajstić information content (AvgIpc) is 2.51. The molecule has 0 aliphatic carbocycles. The van der Waals surface area contributed by atoms with Gasteiger partial charge in [-0.1, -0.05) is 0 Å². The molecule has 0 fully saturated rings. The van der Waals surface area contributed by atoms with E-state index in [-0.39, 0.29) is 17.5 Å². The molecule has 0 spiro atoms. The Hall–Kier alpha value is -1.85. The summed E-state index contributed by atoms with van der Waals surface area (Å²) in [6.07, 6.45) is 1.40. The number of rotatable bonds is 1. The Kier molecular flexibility index (Phi) is 1.77. The van der Waals surface area contributed by atoms with Gasteiger partial charge in [0.1, 0.15) is 17.8 Å². The summed E-state index contributed by atoms with van der Waals surface area (Å²) in [5, 5.41) is 0. The van der Waals surface area contributed by atoms with Crippen LogP contribution in [0.25, 0.3) is 11.5 Å². The Morgan fingerprint density at radius 3 is 2.86 bits per heavy atom. The lowest BCUT2D eigenvalue weighted by molar-refractivity contribution is 0.564. The molecular formula is C8H11N5O. The van der Waals surface area contributed by atoms with Crippen molar-refractivity contribution in [3.8, 4) is 11.5 Å². The van der Waals surface area contributed by atoms with Crippen LogP contribution in [0.4, 0.5) is 5.82 Å². The Balaban J connectivity index is 2.84. The molecule has 2 aliphatic rings. The van der Waals surface area contributed by atoms with Crippen LogP contribution in [0.1, 0.15) is 19.9 Å². The number of hydrogen-bond acceptors (Lipinski definition) is 4. The van der Waals surface area contributed by atoms with Gasteiger partial charge in [0.05, 0.1) is 0 Å². The van der Waals surface area contributed by atoms with Crippen molar-refractivity contribution >= 4 is 5.82 Å². The largest absolute Gasteiger partial charge is 0.383 e. The van der Waals surface area contributed by atoms with Gasteiger partial charge in [-0.25, -0.2) is 14.8 Å². The summed E-state index contributed by atoms with van der Waals surface area (Å²) in [6.45, 7) is 3.80. The maximum atomic E-state index is 11.6. The molecule has 2 heterocycles. The van der Waals surface area contributed by atoms with E-state index >= 15 is 0 Å². The predicted molar refractivity (Wildman–Crippen MR) is 52.1 cm³/mol. The van der Waals surface area contributed by atoms with E-state index < -0.39 is 0 Å². The Morgan fingerprint density at radius 1 is 1.50 bits per heavy atom. The first-order chi connectivity index (χ1) is 6.61. The zero-order valence-corrected chi connectivity index (χ0v) is 7.98. The van der Waals surface area contributed by atoms with E-state index in [4.69, 9.17) is 5.73 Å². The summed E-state index contributed by atoms with van der Waals surface area (Å²) in [5.74, 6) is 0.792. The van der Waals surface area contributed by atoms with Crippen molar-refractivity contribution in [2.45, 2.75) is 19.9 Å². The van der Waals surface area contributed by atoms with Crippen LogP contribution in [0, 0.1) is 0 Å². The average molecular weight is 193 g/mol. The number of nitrogens with two attached hydrogens (primary N) is 1. The summed E-state index contributed by atoms with van der Waals surface area (Å²) >= 11 is 0. The number of anilines is 1. The van der Waals surface area contributed by atoms with Gasteiger partial charge in [-0.15, -0.1) is 0 Å². The molecule has 0 aromatic heterocycles. The quantitative estimate of drug-likeness (QED) is 0.678. The molecule has 0 bridgehead atoms. The summed E-state index contributed by atoms with van der Waals surface area (Å²) in [5.41, 5.74) is 5.88. The molecule has 3 N–H and O–H groups in total. The van der Waals surface area contributed by atoms with Crippen molar-refractivity contribution in [2.75, 3.05) is 5.73 Å². The molecule has 0 aromatic carbocycles. The van der Waals surface area contributed by atoms with Crippen LogP contribution in [0.2, 0.25) is 0 Å². The number of hydrogen-bond donors (Lipinski definition) is 2. The molecule has 0 atom stereocenters. The van der Waals surface area contributed by atoms with Gasteiger partial charge in [0.15, 0.2) is 5.82 Å². The first-order valence-electron chi connectivity index (χ1n) is 4.32. The number of fused-ring (bicyclic) bond motifs is 1. The standard InChI is InChI=1S/C8H11N5O/c1-4(2)13-7-5(10-3-11-7)6(9)12-8(13)14/h3-4H,9H2,1-2H3,(H,12,14). The van der Waals surface area contributed by atoms with Gasteiger partial charge >= 0.3 is 5.69 Å². The van der Waals surface area contributed by atoms with E-state index in [0.717, 1.165) is 0 Å².